The molecule has 1 aromatic rings. The molecule has 0 saturated carbocycles. The van der Waals surface area contributed by atoms with E-state index in [1.807, 2.05) is 0 Å². The standard InChI is InChI=1S/C12H19F2O3PSi/c1-3-17-18(15,16-2)10-7-11-19(13,14)12-8-5-4-6-9-12/h4-6,8-9H,3,7,10-11H2,1-2H3. The Morgan fingerprint density at radius 2 is 1.89 bits per heavy atom. The quantitative estimate of drug-likeness (QED) is 0.418. The van der Waals surface area contributed by atoms with Crippen LogP contribution in [0.25, 0.3) is 0 Å². The first-order valence-electron chi connectivity index (χ1n) is 6.16. The van der Waals surface area contributed by atoms with Gasteiger partial charge in [-0.3, -0.25) is 12.8 Å². The van der Waals surface area contributed by atoms with E-state index in [0.29, 0.717) is 0 Å². The van der Waals surface area contributed by atoms with Crippen LogP contribution in [0.5, 0.6) is 0 Å². The summed E-state index contributed by atoms with van der Waals surface area (Å²) in [5.41, 5.74) is 0. The summed E-state index contributed by atoms with van der Waals surface area (Å²) in [5, 5.41) is 0.110. The summed E-state index contributed by atoms with van der Waals surface area (Å²) in [6.45, 7) is 1.94. The van der Waals surface area contributed by atoms with Crippen molar-refractivity contribution in [2.45, 2.75) is 19.4 Å². The molecule has 1 atom stereocenters. The molecular formula is C12H19F2O3PSi. The fourth-order valence-corrected chi connectivity index (χ4v) is 4.97. The van der Waals surface area contributed by atoms with Gasteiger partial charge in [-0.15, -0.1) is 0 Å². The molecule has 0 bridgehead atoms. The Balaban J connectivity index is 2.55. The van der Waals surface area contributed by atoms with Crippen LogP contribution < -0.4 is 5.19 Å². The maximum Gasteiger partial charge on any atom is 0.455 e. The monoisotopic (exact) mass is 308 g/mol. The first-order chi connectivity index (χ1) is 8.93. The Kier molecular flexibility index (Phi) is 6.33. The molecule has 0 heterocycles. The van der Waals surface area contributed by atoms with Crippen LogP contribution >= 0.6 is 7.60 Å². The minimum absolute atomic E-state index is 0.0345. The number of benzene rings is 1. The van der Waals surface area contributed by atoms with Gasteiger partial charge in [-0.1, -0.05) is 30.3 Å². The summed E-state index contributed by atoms with van der Waals surface area (Å²) in [7, 11) is -6.36. The zero-order chi connectivity index (χ0) is 14.4. The smallest absolute Gasteiger partial charge is 0.312 e. The van der Waals surface area contributed by atoms with E-state index in [-0.39, 0.29) is 30.4 Å². The Labute approximate surface area is 113 Å². The highest BCUT2D eigenvalue weighted by molar-refractivity contribution is 7.53. The van der Waals surface area contributed by atoms with Crippen molar-refractivity contribution in [3.63, 3.8) is 0 Å². The minimum atomic E-state index is -4.45. The van der Waals surface area contributed by atoms with Crippen LogP contribution in [0.3, 0.4) is 0 Å². The van der Waals surface area contributed by atoms with Crippen LogP contribution in [0.15, 0.2) is 30.3 Å². The molecule has 0 aliphatic heterocycles. The lowest BCUT2D eigenvalue weighted by Crippen LogP contribution is -2.38. The third kappa shape index (κ3) is 5.14. The highest BCUT2D eigenvalue weighted by Gasteiger charge is 2.38. The summed E-state index contributed by atoms with van der Waals surface area (Å²) in [4.78, 5) is 0. The maximum absolute atomic E-state index is 14.0. The average Bonchev–Trinajstić information content (AvgIpc) is 2.40. The van der Waals surface area contributed by atoms with Gasteiger partial charge in [0.15, 0.2) is 0 Å². The van der Waals surface area contributed by atoms with E-state index in [0.717, 1.165) is 0 Å². The maximum atomic E-state index is 14.0. The topological polar surface area (TPSA) is 35.5 Å². The second-order valence-corrected chi connectivity index (χ2v) is 8.89. The molecule has 1 unspecified atom stereocenters. The molecule has 19 heavy (non-hydrogen) atoms. The summed E-state index contributed by atoms with van der Waals surface area (Å²) >= 11 is 0. The zero-order valence-electron chi connectivity index (χ0n) is 11.1. The van der Waals surface area contributed by atoms with Crippen LogP contribution in [0.4, 0.5) is 8.22 Å². The molecule has 0 amide bonds. The summed E-state index contributed by atoms with van der Waals surface area (Å²) < 4.78 is 49.7. The van der Waals surface area contributed by atoms with Gasteiger partial charge in [0.05, 0.1) is 12.8 Å². The molecule has 0 spiro atoms. The highest BCUT2D eigenvalue weighted by atomic mass is 31.2. The Morgan fingerprint density at radius 3 is 2.42 bits per heavy atom. The molecule has 0 aliphatic carbocycles. The normalized spacial score (nSPS) is 15.2. The lowest BCUT2D eigenvalue weighted by atomic mass is 10.4. The van der Waals surface area contributed by atoms with Gasteiger partial charge in [0.2, 0.25) is 0 Å². The Hall–Kier alpha value is -0.553. The molecule has 108 valence electrons. The number of rotatable bonds is 8. The minimum Gasteiger partial charge on any atom is -0.312 e. The molecule has 0 aliphatic rings. The van der Waals surface area contributed by atoms with E-state index < -0.39 is 16.3 Å². The van der Waals surface area contributed by atoms with Crippen LogP contribution in [0, 0.1) is 0 Å². The van der Waals surface area contributed by atoms with Gasteiger partial charge in [-0.2, -0.15) is 0 Å². The van der Waals surface area contributed by atoms with E-state index in [9.17, 15) is 12.8 Å². The summed E-state index contributed by atoms with van der Waals surface area (Å²) in [6.07, 6.45) is 0.173. The van der Waals surface area contributed by atoms with Crippen molar-refractivity contribution >= 4 is 21.5 Å². The largest absolute Gasteiger partial charge is 0.455 e. The molecule has 0 aromatic heterocycles. The van der Waals surface area contributed by atoms with Gasteiger partial charge in [-0.05, 0) is 13.3 Å². The van der Waals surface area contributed by atoms with Crippen molar-refractivity contribution in [2.24, 2.45) is 0 Å². The first-order valence-corrected chi connectivity index (χ1v) is 9.85. The van der Waals surface area contributed by atoms with Gasteiger partial charge in [0.25, 0.3) is 0 Å². The third-order valence-electron chi connectivity index (χ3n) is 2.72. The molecule has 0 radical (unpaired) electrons. The van der Waals surface area contributed by atoms with Crippen molar-refractivity contribution in [1.82, 2.24) is 0 Å². The molecule has 1 aromatic carbocycles. The van der Waals surface area contributed by atoms with Gasteiger partial charge < -0.3 is 9.05 Å². The van der Waals surface area contributed by atoms with Gasteiger partial charge in [0, 0.05) is 18.3 Å². The van der Waals surface area contributed by atoms with Gasteiger partial charge in [0.1, 0.15) is 0 Å². The second-order valence-electron chi connectivity index (χ2n) is 4.11. The lowest BCUT2D eigenvalue weighted by molar-refractivity contribution is 0.244. The Bertz CT molecular complexity index is 428. The molecule has 0 saturated heterocycles. The molecule has 7 heteroatoms. The van der Waals surface area contributed by atoms with Crippen LogP contribution in [-0.2, 0) is 13.6 Å². The summed E-state index contributed by atoms with van der Waals surface area (Å²) in [6, 6.07) is 7.59. The van der Waals surface area contributed by atoms with Crippen LogP contribution in [0.1, 0.15) is 13.3 Å². The average molecular weight is 308 g/mol. The van der Waals surface area contributed by atoms with E-state index in [2.05, 4.69) is 0 Å². The SMILES string of the molecule is CCOP(=O)(CCC[Si](F)(F)c1ccccc1)OC. The Morgan fingerprint density at radius 1 is 1.26 bits per heavy atom. The predicted octanol–water partition coefficient (Wildman–Crippen LogP) is 3.54. The van der Waals surface area contributed by atoms with Crippen LogP contribution in [0.2, 0.25) is 6.04 Å². The zero-order valence-corrected chi connectivity index (χ0v) is 13.0. The van der Waals surface area contributed by atoms with Gasteiger partial charge >= 0.3 is 16.3 Å². The third-order valence-corrected chi connectivity index (χ3v) is 6.95. The molecule has 1 rings (SSSR count). The summed E-state index contributed by atoms with van der Waals surface area (Å²) in [5.74, 6) is 0. The number of hydrogen-bond acceptors (Lipinski definition) is 3. The number of hydrogen-bond donors (Lipinski definition) is 0. The van der Waals surface area contributed by atoms with Crippen molar-refractivity contribution in [3.8, 4) is 0 Å². The lowest BCUT2D eigenvalue weighted by Gasteiger charge is -2.17. The van der Waals surface area contributed by atoms with Crippen LogP contribution in [-0.4, -0.2) is 28.6 Å². The fourth-order valence-electron chi connectivity index (χ4n) is 1.73. The van der Waals surface area contributed by atoms with E-state index in [1.165, 1.54) is 19.2 Å². The van der Waals surface area contributed by atoms with E-state index >= 15 is 0 Å². The van der Waals surface area contributed by atoms with Crippen molar-refractivity contribution in [3.05, 3.63) is 30.3 Å². The van der Waals surface area contributed by atoms with Crippen molar-refractivity contribution in [2.75, 3.05) is 19.9 Å². The molecule has 3 nitrogen and oxygen atoms in total. The second kappa shape index (κ2) is 7.29. The molecular weight excluding hydrogens is 289 g/mol. The van der Waals surface area contributed by atoms with Crippen molar-refractivity contribution in [1.29, 1.82) is 0 Å². The van der Waals surface area contributed by atoms with E-state index in [4.69, 9.17) is 9.05 Å². The van der Waals surface area contributed by atoms with Gasteiger partial charge in [-0.25, -0.2) is 0 Å². The molecule has 0 N–H and O–H groups in total. The molecule has 0 fully saturated rings. The fraction of sp³-hybridized carbons (Fsp3) is 0.500. The highest BCUT2D eigenvalue weighted by Crippen LogP contribution is 2.48. The first kappa shape index (κ1) is 16.5. The van der Waals surface area contributed by atoms with E-state index in [1.54, 1.807) is 25.1 Å². The van der Waals surface area contributed by atoms with Crippen molar-refractivity contribution < 1.29 is 21.8 Å². The number of halogens is 2. The predicted molar refractivity (Wildman–Crippen MR) is 74.6 cm³/mol.